The molecule has 0 spiro atoms. The lowest BCUT2D eigenvalue weighted by Gasteiger charge is -2.15. The number of carbonyl (C=O) groups excluding carboxylic acids is 2. The topological polar surface area (TPSA) is 103 Å². The molecule has 4 aromatic carbocycles. The predicted molar refractivity (Wildman–Crippen MR) is 242 cm³/mol. The van der Waals surface area contributed by atoms with E-state index in [4.69, 9.17) is 18.9 Å². The minimum atomic E-state index is -0.0962. The van der Waals surface area contributed by atoms with Crippen LogP contribution in [0.1, 0.15) is 111 Å². The van der Waals surface area contributed by atoms with Gasteiger partial charge in [-0.05, 0) is 133 Å². The lowest BCUT2D eigenvalue weighted by molar-refractivity contribution is 0.102. The zero-order valence-electron chi connectivity index (χ0n) is 36.1. The van der Waals surface area contributed by atoms with Gasteiger partial charge in [-0.1, -0.05) is 78.4 Å². The Morgan fingerprint density at radius 1 is 0.517 bits per heavy atom. The van der Waals surface area contributed by atoms with Gasteiger partial charge >= 0.3 is 0 Å². The number of ketones is 2. The second-order valence-electron chi connectivity index (χ2n) is 15.6. The smallest absolute Gasteiger partial charge is 0.209 e. The molecule has 8 nitrogen and oxygen atoms in total. The van der Waals surface area contributed by atoms with Crippen molar-refractivity contribution in [2.24, 2.45) is 11.8 Å². The fourth-order valence-corrected chi connectivity index (χ4v) is 7.50. The number of methoxy groups -OCH3 is 2. The van der Waals surface area contributed by atoms with E-state index in [1.807, 2.05) is 97.1 Å². The molecule has 0 amide bonds. The van der Waals surface area contributed by atoms with Crippen LogP contribution in [0.3, 0.4) is 0 Å². The Bertz CT molecular complexity index is 2140. The highest BCUT2D eigenvalue weighted by Gasteiger charge is 2.18. The van der Waals surface area contributed by atoms with Crippen LogP contribution in [0.5, 0.6) is 23.0 Å². The van der Waals surface area contributed by atoms with Crippen LogP contribution in [-0.2, 0) is 0 Å². The van der Waals surface area contributed by atoms with Gasteiger partial charge in [0.15, 0.2) is 0 Å². The number of unbranched alkanes of at least 4 members (excludes halogenated alkanes) is 2. The van der Waals surface area contributed by atoms with E-state index in [0.717, 1.165) is 58.0 Å². The number of carbonyl (C=O) groups is 2. The number of aromatic nitrogens is 2. The van der Waals surface area contributed by atoms with Crippen LogP contribution in [-0.4, -0.2) is 49.0 Å². The number of hydrogen-bond donors (Lipinski definition) is 2. The van der Waals surface area contributed by atoms with Crippen LogP contribution in [0.4, 0.5) is 0 Å². The standard InChI is InChI=1S/C52H60N2O6/c1-7-11-13-35(9-3)33-59-41-21-15-37(16-22-41)51(55)47-29-27-45(53-47)43-25-19-39(31-49(43)57-5)40-20-26-44(50(32-40)58-6)46-28-30-48(54-46)52(56)38-17-23-42(24-18-38)60-34-36(10-4)14-12-8-2/h15-32,35-36,53-54H,7-14,33-34H2,1-6H3. The number of H-pyrrole nitrogens is 2. The van der Waals surface area contributed by atoms with Gasteiger partial charge in [0.25, 0.3) is 0 Å². The van der Waals surface area contributed by atoms with Crippen molar-refractivity contribution in [2.75, 3.05) is 27.4 Å². The van der Waals surface area contributed by atoms with E-state index >= 15 is 0 Å². The molecule has 314 valence electrons. The summed E-state index contributed by atoms with van der Waals surface area (Å²) in [6, 6.07) is 34.2. The summed E-state index contributed by atoms with van der Waals surface area (Å²) in [6.07, 6.45) is 9.31. The fraction of sp³-hybridized carbons (Fsp3) is 0.346. The van der Waals surface area contributed by atoms with Gasteiger partial charge in [0.1, 0.15) is 23.0 Å². The van der Waals surface area contributed by atoms with Crippen molar-refractivity contribution in [2.45, 2.75) is 79.1 Å². The molecule has 6 aromatic rings. The Morgan fingerprint density at radius 2 is 0.917 bits per heavy atom. The maximum Gasteiger partial charge on any atom is 0.209 e. The normalized spacial score (nSPS) is 12.2. The van der Waals surface area contributed by atoms with Crippen LogP contribution in [0.25, 0.3) is 33.6 Å². The van der Waals surface area contributed by atoms with Crippen molar-refractivity contribution in [3.05, 3.63) is 132 Å². The van der Waals surface area contributed by atoms with E-state index in [2.05, 4.69) is 37.7 Å². The van der Waals surface area contributed by atoms with Crippen molar-refractivity contribution in [3.8, 4) is 56.6 Å². The second-order valence-corrected chi connectivity index (χ2v) is 15.6. The van der Waals surface area contributed by atoms with E-state index in [0.29, 0.717) is 59.1 Å². The number of aromatic amines is 2. The van der Waals surface area contributed by atoms with Crippen molar-refractivity contribution < 1.29 is 28.5 Å². The van der Waals surface area contributed by atoms with Gasteiger partial charge < -0.3 is 28.9 Å². The molecule has 0 aliphatic carbocycles. The summed E-state index contributed by atoms with van der Waals surface area (Å²) < 4.78 is 23.8. The van der Waals surface area contributed by atoms with Crippen LogP contribution < -0.4 is 18.9 Å². The van der Waals surface area contributed by atoms with Gasteiger partial charge in [0, 0.05) is 33.6 Å². The molecule has 2 heterocycles. The summed E-state index contributed by atoms with van der Waals surface area (Å²) >= 11 is 0. The number of ether oxygens (including phenoxy) is 4. The van der Waals surface area contributed by atoms with Crippen molar-refractivity contribution >= 4 is 11.6 Å². The minimum absolute atomic E-state index is 0.0962. The highest BCUT2D eigenvalue weighted by Crippen LogP contribution is 2.38. The van der Waals surface area contributed by atoms with Crippen molar-refractivity contribution in [1.82, 2.24) is 9.97 Å². The first kappa shape index (κ1) is 43.6. The monoisotopic (exact) mass is 808 g/mol. The van der Waals surface area contributed by atoms with Gasteiger partial charge in [0.2, 0.25) is 11.6 Å². The Labute approximate surface area is 355 Å². The molecular formula is C52H60N2O6. The first-order valence-electron chi connectivity index (χ1n) is 21.6. The second kappa shape index (κ2) is 21.3. The Balaban J connectivity index is 1.11. The number of hydrogen-bond acceptors (Lipinski definition) is 6. The molecule has 0 radical (unpaired) electrons. The number of benzene rings is 4. The van der Waals surface area contributed by atoms with Crippen LogP contribution in [0, 0.1) is 11.8 Å². The third-order valence-corrected chi connectivity index (χ3v) is 11.5. The quantitative estimate of drug-likeness (QED) is 0.0625. The van der Waals surface area contributed by atoms with E-state index in [9.17, 15) is 9.59 Å². The molecular weight excluding hydrogens is 749 g/mol. The summed E-state index contributed by atoms with van der Waals surface area (Å²) in [6.45, 7) is 10.2. The molecule has 0 aliphatic heterocycles. The van der Waals surface area contributed by atoms with E-state index in [-0.39, 0.29) is 11.6 Å². The van der Waals surface area contributed by atoms with Gasteiger partial charge in [-0.15, -0.1) is 0 Å². The molecule has 0 saturated carbocycles. The first-order valence-corrected chi connectivity index (χ1v) is 21.6. The molecule has 6 rings (SSSR count). The highest BCUT2D eigenvalue weighted by atomic mass is 16.5. The fourth-order valence-electron chi connectivity index (χ4n) is 7.50. The Hall–Kier alpha value is -6.02. The number of rotatable bonds is 23. The molecule has 0 saturated heterocycles. The molecule has 0 aliphatic rings. The van der Waals surface area contributed by atoms with Crippen LogP contribution >= 0.6 is 0 Å². The third kappa shape index (κ3) is 10.8. The van der Waals surface area contributed by atoms with E-state index < -0.39 is 0 Å². The molecule has 2 N–H and O–H groups in total. The lowest BCUT2D eigenvalue weighted by Crippen LogP contribution is -2.11. The maximum absolute atomic E-state index is 13.5. The summed E-state index contributed by atoms with van der Waals surface area (Å²) in [5.74, 6) is 3.75. The summed E-state index contributed by atoms with van der Waals surface area (Å²) in [5, 5.41) is 0. The SMILES string of the molecule is CCCCC(CC)COc1ccc(C(=O)c2ccc(-c3ccc(-c4ccc(-c5ccc(C(=O)c6ccc(OCC(CC)CCCC)cc6)[nH]5)c(OC)c4)cc3OC)[nH]2)cc1. The lowest BCUT2D eigenvalue weighted by atomic mass is 9.99. The molecule has 8 heteroatoms. The minimum Gasteiger partial charge on any atom is -0.496 e. The van der Waals surface area contributed by atoms with Gasteiger partial charge in [-0.25, -0.2) is 0 Å². The summed E-state index contributed by atoms with van der Waals surface area (Å²) in [4.78, 5) is 33.5. The van der Waals surface area contributed by atoms with Crippen LogP contribution in [0.2, 0.25) is 0 Å². The van der Waals surface area contributed by atoms with Gasteiger partial charge in [0.05, 0.1) is 38.8 Å². The summed E-state index contributed by atoms with van der Waals surface area (Å²) in [7, 11) is 3.28. The van der Waals surface area contributed by atoms with Crippen molar-refractivity contribution in [3.63, 3.8) is 0 Å². The Kier molecular flexibility index (Phi) is 15.5. The molecule has 2 aromatic heterocycles. The summed E-state index contributed by atoms with van der Waals surface area (Å²) in [5.41, 5.74) is 7.24. The average molecular weight is 809 g/mol. The predicted octanol–water partition coefficient (Wildman–Crippen LogP) is 13.0. The van der Waals surface area contributed by atoms with Crippen LogP contribution in [0.15, 0.2) is 109 Å². The number of nitrogens with one attached hydrogen (secondary N) is 2. The first-order chi connectivity index (χ1) is 29.3. The van der Waals surface area contributed by atoms with Gasteiger partial charge in [-0.3, -0.25) is 9.59 Å². The average Bonchev–Trinajstić information content (AvgIpc) is 4.00. The molecule has 2 atom stereocenters. The van der Waals surface area contributed by atoms with Crippen molar-refractivity contribution in [1.29, 1.82) is 0 Å². The molecule has 0 bridgehead atoms. The van der Waals surface area contributed by atoms with E-state index in [1.54, 1.807) is 26.4 Å². The van der Waals surface area contributed by atoms with E-state index in [1.165, 1.54) is 38.5 Å². The largest absolute Gasteiger partial charge is 0.496 e. The zero-order valence-corrected chi connectivity index (χ0v) is 36.1. The Morgan fingerprint density at radius 3 is 1.27 bits per heavy atom. The maximum atomic E-state index is 13.5. The molecule has 2 unspecified atom stereocenters. The van der Waals surface area contributed by atoms with Gasteiger partial charge in [-0.2, -0.15) is 0 Å². The molecule has 60 heavy (non-hydrogen) atoms. The highest BCUT2D eigenvalue weighted by molar-refractivity contribution is 6.09. The molecule has 0 fully saturated rings. The third-order valence-electron chi connectivity index (χ3n) is 11.5. The zero-order chi connectivity index (χ0) is 42.4.